The van der Waals surface area contributed by atoms with Gasteiger partial charge in [0.1, 0.15) is 5.82 Å². The molecule has 0 atom stereocenters. The fraction of sp³-hybridized carbons (Fsp3) is 0.417. The molecule has 0 radical (unpaired) electrons. The van der Waals surface area contributed by atoms with Crippen molar-refractivity contribution in [1.82, 2.24) is 5.32 Å². The Morgan fingerprint density at radius 3 is 2.76 bits per heavy atom. The van der Waals surface area contributed by atoms with Crippen molar-refractivity contribution in [2.45, 2.75) is 18.9 Å². The summed E-state index contributed by atoms with van der Waals surface area (Å²) in [5, 5.41) is 14.9. The third-order valence-corrected chi connectivity index (χ3v) is 2.94. The Bertz CT molecular complexity index is 444. The van der Waals surface area contributed by atoms with E-state index in [2.05, 4.69) is 10.6 Å². The quantitative estimate of drug-likeness (QED) is 0.741. The fourth-order valence-corrected chi connectivity index (χ4v) is 1.98. The van der Waals surface area contributed by atoms with Gasteiger partial charge in [-0.05, 0) is 24.6 Å². The molecule has 0 bridgehead atoms. The first-order chi connectivity index (χ1) is 8.01. The summed E-state index contributed by atoms with van der Waals surface area (Å²) in [5.41, 5.74) is 0.632. The van der Waals surface area contributed by atoms with Crippen molar-refractivity contribution >= 4 is 11.7 Å². The monoisotopic (exact) mass is 238 g/mol. The smallest absolute Gasteiger partial charge is 0.305 e. The Morgan fingerprint density at radius 1 is 1.59 bits per heavy atom. The van der Waals surface area contributed by atoms with Crippen molar-refractivity contribution in [3.8, 4) is 0 Å². The number of aliphatic carboxylic acids is 1. The van der Waals surface area contributed by atoms with Gasteiger partial charge in [-0.2, -0.15) is 0 Å². The molecule has 1 saturated heterocycles. The lowest BCUT2D eigenvalue weighted by molar-refractivity contribution is -0.138. The van der Waals surface area contributed by atoms with E-state index in [1.165, 1.54) is 6.07 Å². The Labute approximate surface area is 98.8 Å². The average Bonchev–Trinajstić information content (AvgIpc) is 2.18. The zero-order valence-corrected chi connectivity index (χ0v) is 9.59. The molecule has 1 aliphatic heterocycles. The minimum absolute atomic E-state index is 0.0205. The van der Waals surface area contributed by atoms with Gasteiger partial charge >= 0.3 is 5.97 Å². The molecular weight excluding hydrogens is 223 g/mol. The number of hydrogen-bond donors (Lipinski definition) is 3. The average molecular weight is 238 g/mol. The van der Waals surface area contributed by atoms with E-state index in [4.69, 9.17) is 5.11 Å². The van der Waals surface area contributed by atoms with Crippen molar-refractivity contribution in [1.29, 1.82) is 0 Å². The zero-order valence-electron chi connectivity index (χ0n) is 9.59. The maximum absolute atomic E-state index is 13.6. The Morgan fingerprint density at radius 2 is 2.29 bits per heavy atom. The molecule has 5 heteroatoms. The molecule has 17 heavy (non-hydrogen) atoms. The van der Waals surface area contributed by atoms with Gasteiger partial charge in [0, 0.05) is 13.1 Å². The highest BCUT2D eigenvalue weighted by Gasteiger charge is 2.39. The van der Waals surface area contributed by atoms with E-state index in [0.29, 0.717) is 18.8 Å². The van der Waals surface area contributed by atoms with Gasteiger partial charge in [0.25, 0.3) is 0 Å². The number of anilines is 1. The molecule has 1 heterocycles. The van der Waals surface area contributed by atoms with E-state index >= 15 is 0 Å². The third-order valence-electron chi connectivity index (χ3n) is 2.94. The van der Waals surface area contributed by atoms with E-state index in [1.54, 1.807) is 12.1 Å². The highest BCUT2D eigenvalue weighted by Crippen LogP contribution is 2.25. The van der Waals surface area contributed by atoms with Gasteiger partial charge in [-0.15, -0.1) is 0 Å². The van der Waals surface area contributed by atoms with Crippen LogP contribution in [0.3, 0.4) is 0 Å². The summed E-state index contributed by atoms with van der Waals surface area (Å²) in [4.78, 5) is 10.8. The lowest BCUT2D eigenvalue weighted by Gasteiger charge is -2.43. The van der Waals surface area contributed by atoms with Crippen molar-refractivity contribution in [3.63, 3.8) is 0 Å². The van der Waals surface area contributed by atoms with E-state index < -0.39 is 11.5 Å². The second-order valence-corrected chi connectivity index (χ2v) is 4.56. The molecule has 3 N–H and O–H groups in total. The number of nitrogens with one attached hydrogen (secondary N) is 2. The fourth-order valence-electron chi connectivity index (χ4n) is 1.98. The van der Waals surface area contributed by atoms with Crippen molar-refractivity contribution < 1.29 is 14.3 Å². The lowest BCUT2D eigenvalue weighted by atomic mass is 9.88. The summed E-state index contributed by atoms with van der Waals surface area (Å²) in [6.07, 6.45) is -0.0205. The summed E-state index contributed by atoms with van der Waals surface area (Å²) >= 11 is 0. The molecule has 1 aromatic rings. The van der Waals surface area contributed by atoms with Crippen LogP contribution in [-0.2, 0) is 4.79 Å². The summed E-state index contributed by atoms with van der Waals surface area (Å²) < 4.78 is 13.6. The SMILES string of the molecule is Cc1ccc(NC2(CC(=O)O)CNC2)c(F)c1. The molecule has 1 fully saturated rings. The van der Waals surface area contributed by atoms with Crippen LogP contribution in [0.15, 0.2) is 18.2 Å². The van der Waals surface area contributed by atoms with Crippen LogP contribution < -0.4 is 10.6 Å². The second-order valence-electron chi connectivity index (χ2n) is 4.56. The molecule has 0 spiro atoms. The third kappa shape index (κ3) is 2.55. The predicted molar refractivity (Wildman–Crippen MR) is 62.6 cm³/mol. The van der Waals surface area contributed by atoms with Crippen molar-refractivity contribution in [2.24, 2.45) is 0 Å². The van der Waals surface area contributed by atoms with Crippen LogP contribution in [0.25, 0.3) is 0 Å². The minimum Gasteiger partial charge on any atom is -0.481 e. The Balaban J connectivity index is 2.15. The van der Waals surface area contributed by atoms with Gasteiger partial charge in [-0.25, -0.2) is 4.39 Å². The predicted octanol–water partition coefficient (Wildman–Crippen LogP) is 1.36. The number of carboxylic acids is 1. The molecule has 4 nitrogen and oxygen atoms in total. The van der Waals surface area contributed by atoms with Crippen molar-refractivity contribution in [2.75, 3.05) is 18.4 Å². The molecule has 1 aliphatic rings. The van der Waals surface area contributed by atoms with Gasteiger partial charge in [-0.1, -0.05) is 6.07 Å². The van der Waals surface area contributed by atoms with Crippen LogP contribution in [-0.4, -0.2) is 29.7 Å². The minimum atomic E-state index is -0.883. The lowest BCUT2D eigenvalue weighted by Crippen LogP contribution is -2.65. The largest absolute Gasteiger partial charge is 0.481 e. The number of aryl methyl sites for hydroxylation is 1. The summed E-state index contributed by atoms with van der Waals surface area (Å²) in [5.74, 6) is -1.23. The van der Waals surface area contributed by atoms with Crippen LogP contribution in [0.1, 0.15) is 12.0 Å². The summed E-state index contributed by atoms with van der Waals surface area (Å²) in [7, 11) is 0. The molecule has 2 rings (SSSR count). The van der Waals surface area contributed by atoms with E-state index in [1.807, 2.05) is 6.92 Å². The Hall–Kier alpha value is -1.62. The number of carboxylic acid groups (broad SMARTS) is 1. The topological polar surface area (TPSA) is 61.4 Å². The molecule has 0 amide bonds. The first kappa shape index (κ1) is 11.9. The second kappa shape index (κ2) is 4.33. The molecule has 0 unspecified atom stereocenters. The molecule has 92 valence electrons. The van der Waals surface area contributed by atoms with E-state index in [-0.39, 0.29) is 12.2 Å². The first-order valence-corrected chi connectivity index (χ1v) is 5.48. The summed E-state index contributed by atoms with van der Waals surface area (Å²) in [6.45, 7) is 2.88. The van der Waals surface area contributed by atoms with Crippen molar-refractivity contribution in [3.05, 3.63) is 29.6 Å². The zero-order chi connectivity index (χ0) is 12.5. The summed E-state index contributed by atoms with van der Waals surface area (Å²) in [6, 6.07) is 4.88. The highest BCUT2D eigenvalue weighted by molar-refractivity contribution is 5.70. The molecule has 1 aromatic carbocycles. The van der Waals surface area contributed by atoms with Gasteiger partial charge in [0.2, 0.25) is 0 Å². The molecule has 0 aromatic heterocycles. The van der Waals surface area contributed by atoms with Crippen LogP contribution in [0.2, 0.25) is 0 Å². The molecular formula is C12H15FN2O2. The number of hydrogen-bond acceptors (Lipinski definition) is 3. The number of halogens is 1. The number of carbonyl (C=O) groups is 1. The standard InChI is InChI=1S/C12H15FN2O2/c1-8-2-3-10(9(13)4-8)15-12(5-11(16)17)6-14-7-12/h2-4,14-15H,5-7H2,1H3,(H,16,17). The van der Waals surface area contributed by atoms with Crippen LogP contribution in [0.5, 0.6) is 0 Å². The van der Waals surface area contributed by atoms with Gasteiger partial charge in [-0.3, -0.25) is 4.79 Å². The van der Waals surface area contributed by atoms with E-state index in [0.717, 1.165) is 5.56 Å². The van der Waals surface area contributed by atoms with Gasteiger partial charge in [0.05, 0.1) is 17.6 Å². The first-order valence-electron chi connectivity index (χ1n) is 5.48. The maximum atomic E-state index is 13.6. The number of rotatable bonds is 4. The maximum Gasteiger partial charge on any atom is 0.305 e. The molecule has 0 aliphatic carbocycles. The van der Waals surface area contributed by atoms with Gasteiger partial charge < -0.3 is 15.7 Å². The van der Waals surface area contributed by atoms with Gasteiger partial charge in [0.15, 0.2) is 0 Å². The van der Waals surface area contributed by atoms with E-state index in [9.17, 15) is 9.18 Å². The highest BCUT2D eigenvalue weighted by atomic mass is 19.1. The van der Waals surface area contributed by atoms with Crippen LogP contribution in [0, 0.1) is 12.7 Å². The molecule has 0 saturated carbocycles. The normalized spacial score (nSPS) is 17.3. The van der Waals surface area contributed by atoms with Crippen LogP contribution >= 0.6 is 0 Å². The number of benzene rings is 1. The van der Waals surface area contributed by atoms with Crippen LogP contribution in [0.4, 0.5) is 10.1 Å². The Kier molecular flexibility index (Phi) is 3.02.